The van der Waals surface area contributed by atoms with Crippen LogP contribution in [0.5, 0.6) is 0 Å². The predicted octanol–water partition coefficient (Wildman–Crippen LogP) is 5.45. The Morgan fingerprint density at radius 2 is 1.69 bits per heavy atom. The van der Waals surface area contributed by atoms with Gasteiger partial charge >= 0.3 is 6.03 Å². The number of primary amides is 1. The number of likely N-dealkylation sites (tertiary alicyclic amines) is 1. The molecule has 0 bridgehead atoms. The van der Waals surface area contributed by atoms with E-state index in [1.54, 1.807) is 29.2 Å². The van der Waals surface area contributed by atoms with Gasteiger partial charge in [0.05, 0.1) is 6.04 Å². The van der Waals surface area contributed by atoms with Crippen LogP contribution >= 0.6 is 0 Å². The number of hydrogen-bond donors (Lipinski definition) is 2. The van der Waals surface area contributed by atoms with Gasteiger partial charge in [-0.15, -0.1) is 0 Å². The molecule has 0 saturated carbocycles. The number of urea groups is 1. The normalized spacial score (nSPS) is 18.7. The average molecular weight is 496 g/mol. The first-order valence-electron chi connectivity index (χ1n) is 11.8. The first-order valence-corrected chi connectivity index (χ1v) is 11.8. The molecule has 1 aliphatic heterocycles. The van der Waals surface area contributed by atoms with E-state index >= 15 is 0 Å². The quantitative estimate of drug-likeness (QED) is 0.457. The van der Waals surface area contributed by atoms with Crippen molar-refractivity contribution in [3.05, 3.63) is 95.3 Å². The summed E-state index contributed by atoms with van der Waals surface area (Å²) in [7, 11) is 0. The van der Waals surface area contributed by atoms with E-state index in [4.69, 9.17) is 5.73 Å². The number of hydrogen-bond acceptors (Lipinski definition) is 2. The summed E-state index contributed by atoms with van der Waals surface area (Å²) in [6.45, 7) is 2.71. The van der Waals surface area contributed by atoms with Gasteiger partial charge in [0.15, 0.2) is 0 Å². The van der Waals surface area contributed by atoms with Crippen molar-refractivity contribution in [3.8, 4) is 11.1 Å². The molecule has 1 fully saturated rings. The van der Waals surface area contributed by atoms with Crippen molar-refractivity contribution in [2.24, 2.45) is 5.73 Å². The lowest BCUT2D eigenvalue weighted by Crippen LogP contribution is -2.48. The molecule has 5 nitrogen and oxygen atoms in total. The fourth-order valence-corrected chi connectivity index (χ4v) is 5.03. The van der Waals surface area contributed by atoms with Crippen molar-refractivity contribution >= 4 is 11.9 Å². The smallest absolute Gasteiger partial charge is 0.312 e. The Hall–Kier alpha value is -3.81. The van der Waals surface area contributed by atoms with Crippen LogP contribution < -0.4 is 11.1 Å². The van der Waals surface area contributed by atoms with E-state index in [0.29, 0.717) is 37.1 Å². The van der Waals surface area contributed by atoms with Gasteiger partial charge in [-0.1, -0.05) is 36.4 Å². The van der Waals surface area contributed by atoms with Gasteiger partial charge in [-0.25, -0.2) is 18.0 Å². The molecule has 0 radical (unpaired) electrons. The Labute approximate surface area is 208 Å². The highest BCUT2D eigenvalue weighted by molar-refractivity contribution is 5.79. The number of rotatable bonds is 7. The van der Waals surface area contributed by atoms with Crippen molar-refractivity contribution < 1.29 is 22.8 Å². The summed E-state index contributed by atoms with van der Waals surface area (Å²) in [5.41, 5.74) is 7.32. The zero-order valence-electron chi connectivity index (χ0n) is 19.9. The van der Waals surface area contributed by atoms with Gasteiger partial charge in [-0.05, 0) is 60.7 Å². The summed E-state index contributed by atoms with van der Waals surface area (Å²) >= 11 is 0. The fraction of sp³-hybridized carbons (Fsp3) is 0.286. The number of nitrogens with zero attached hydrogens (tertiary/aromatic N) is 1. The Balaban J connectivity index is 1.51. The predicted molar refractivity (Wildman–Crippen MR) is 131 cm³/mol. The molecule has 3 N–H and O–H groups in total. The van der Waals surface area contributed by atoms with Gasteiger partial charge in [0.25, 0.3) is 0 Å². The van der Waals surface area contributed by atoms with Crippen molar-refractivity contribution in [2.75, 3.05) is 13.1 Å². The van der Waals surface area contributed by atoms with E-state index in [-0.39, 0.29) is 24.2 Å². The minimum Gasteiger partial charge on any atom is -0.352 e. The minimum atomic E-state index is -0.634. The van der Waals surface area contributed by atoms with Gasteiger partial charge in [-0.2, -0.15) is 0 Å². The van der Waals surface area contributed by atoms with Crippen molar-refractivity contribution in [1.82, 2.24) is 10.2 Å². The first kappa shape index (κ1) is 25.3. The van der Waals surface area contributed by atoms with Crippen LogP contribution in [0.15, 0.2) is 66.7 Å². The lowest BCUT2D eigenvalue weighted by atomic mass is 9.70. The molecular formula is C28H28F3N3O2. The Kier molecular flexibility index (Phi) is 7.33. The summed E-state index contributed by atoms with van der Waals surface area (Å²) < 4.78 is 41.0. The summed E-state index contributed by atoms with van der Waals surface area (Å²) in [5.74, 6) is -1.67. The number of carbonyl (C=O) groups is 2. The van der Waals surface area contributed by atoms with E-state index in [9.17, 15) is 22.8 Å². The summed E-state index contributed by atoms with van der Waals surface area (Å²) in [4.78, 5) is 26.4. The fourth-order valence-electron chi connectivity index (χ4n) is 5.03. The van der Waals surface area contributed by atoms with Crippen LogP contribution in [0.25, 0.3) is 11.1 Å². The van der Waals surface area contributed by atoms with Gasteiger partial charge in [0, 0.05) is 36.6 Å². The zero-order valence-corrected chi connectivity index (χ0v) is 19.9. The highest BCUT2D eigenvalue weighted by atomic mass is 19.1. The standard InChI is InChI=1S/C28H28F3N3O2/c1-18(19-2-4-20(5-3-19)24-11-10-23(30)16-25(24)31)34-15-13-28(17-26(34)35,12-14-33-27(32)36)21-6-8-22(29)9-7-21/h2-11,16,18H,12-15,17H2,1H3,(H3,32,33,36)/t18-,28-/m0/s1. The third-order valence-corrected chi connectivity index (χ3v) is 7.10. The van der Waals surface area contributed by atoms with Crippen molar-refractivity contribution in [3.63, 3.8) is 0 Å². The number of piperidine rings is 1. The van der Waals surface area contributed by atoms with Gasteiger partial charge in [0.2, 0.25) is 5.91 Å². The SMILES string of the molecule is C[C@@H](c1ccc(-c2ccc(F)cc2F)cc1)N1CC[C@](CCNC(N)=O)(c2ccc(F)cc2)CC1=O. The molecule has 3 amide bonds. The topological polar surface area (TPSA) is 75.4 Å². The van der Waals surface area contributed by atoms with Gasteiger partial charge in [-0.3, -0.25) is 4.79 Å². The highest BCUT2D eigenvalue weighted by Crippen LogP contribution is 2.41. The molecule has 4 rings (SSSR count). The largest absolute Gasteiger partial charge is 0.352 e. The molecule has 0 aliphatic carbocycles. The maximum atomic E-state index is 14.2. The third-order valence-electron chi connectivity index (χ3n) is 7.10. The Morgan fingerprint density at radius 1 is 1.03 bits per heavy atom. The highest BCUT2D eigenvalue weighted by Gasteiger charge is 2.41. The molecule has 1 saturated heterocycles. The number of carbonyl (C=O) groups excluding carboxylic acids is 2. The van der Waals surface area contributed by atoms with Gasteiger partial charge < -0.3 is 16.0 Å². The zero-order chi connectivity index (χ0) is 25.9. The van der Waals surface area contributed by atoms with Crippen LogP contribution in [0.2, 0.25) is 0 Å². The number of nitrogens with one attached hydrogen (secondary N) is 1. The summed E-state index contributed by atoms with van der Waals surface area (Å²) in [6.07, 6.45) is 1.34. The van der Waals surface area contributed by atoms with Crippen LogP contribution in [0.4, 0.5) is 18.0 Å². The summed E-state index contributed by atoms with van der Waals surface area (Å²) in [6, 6.07) is 16.0. The second-order valence-corrected chi connectivity index (χ2v) is 9.26. The molecule has 0 unspecified atom stereocenters. The van der Waals surface area contributed by atoms with Crippen LogP contribution in [-0.2, 0) is 10.2 Å². The average Bonchev–Trinajstić information content (AvgIpc) is 2.84. The Bertz CT molecular complexity index is 1250. The molecule has 188 valence electrons. The lowest BCUT2D eigenvalue weighted by Gasteiger charge is -2.44. The maximum Gasteiger partial charge on any atom is 0.312 e. The van der Waals surface area contributed by atoms with Crippen LogP contribution in [0.3, 0.4) is 0 Å². The third kappa shape index (κ3) is 5.37. The van der Waals surface area contributed by atoms with E-state index in [2.05, 4.69) is 5.32 Å². The second kappa shape index (κ2) is 10.4. The summed E-state index contributed by atoms with van der Waals surface area (Å²) in [5, 5.41) is 2.59. The molecule has 2 atom stereocenters. The lowest BCUT2D eigenvalue weighted by molar-refractivity contribution is -0.138. The molecule has 1 heterocycles. The van der Waals surface area contributed by atoms with Gasteiger partial charge in [0.1, 0.15) is 17.5 Å². The molecular weight excluding hydrogens is 467 g/mol. The number of amides is 3. The minimum absolute atomic E-state index is 0.0502. The van der Waals surface area contributed by atoms with E-state index in [1.165, 1.54) is 24.3 Å². The molecule has 3 aromatic rings. The molecule has 8 heteroatoms. The van der Waals surface area contributed by atoms with E-state index in [0.717, 1.165) is 17.2 Å². The number of nitrogens with two attached hydrogens (primary N) is 1. The van der Waals surface area contributed by atoms with Crippen molar-refractivity contribution in [2.45, 2.75) is 37.6 Å². The molecule has 0 spiro atoms. The number of benzene rings is 3. The van der Waals surface area contributed by atoms with Crippen LogP contribution in [0, 0.1) is 17.5 Å². The molecule has 0 aromatic heterocycles. The van der Waals surface area contributed by atoms with E-state index < -0.39 is 23.1 Å². The molecule has 1 aliphatic rings. The Morgan fingerprint density at radius 3 is 2.31 bits per heavy atom. The molecule has 3 aromatic carbocycles. The monoisotopic (exact) mass is 495 g/mol. The van der Waals surface area contributed by atoms with Crippen LogP contribution in [-0.4, -0.2) is 29.9 Å². The number of halogens is 3. The maximum absolute atomic E-state index is 14.2. The second-order valence-electron chi connectivity index (χ2n) is 9.26. The molecule has 36 heavy (non-hydrogen) atoms. The van der Waals surface area contributed by atoms with Crippen molar-refractivity contribution in [1.29, 1.82) is 0 Å². The van der Waals surface area contributed by atoms with Crippen LogP contribution in [0.1, 0.15) is 43.4 Å². The van der Waals surface area contributed by atoms with E-state index in [1.807, 2.05) is 19.1 Å². The first-order chi connectivity index (χ1) is 17.2.